The Balaban J connectivity index is 1.54. The minimum atomic E-state index is 0.130. The Morgan fingerprint density at radius 3 is 2.64 bits per heavy atom. The number of ketones is 1. The first-order chi connectivity index (χ1) is 13.7. The molecule has 3 rings (SSSR count). The summed E-state index contributed by atoms with van der Waals surface area (Å²) in [6.45, 7) is 6.25. The zero-order chi connectivity index (χ0) is 19.9. The van der Waals surface area contributed by atoms with Gasteiger partial charge in [-0.1, -0.05) is 50.6 Å². The molecule has 2 unspecified atom stereocenters. The molecule has 0 aromatic heterocycles. The molecule has 3 nitrogen and oxygen atoms in total. The standard InChI is InChI=1S/C25H33NO2/c1-4-18(11-12-26-17-19-9-7-6-8-10-19)13-22-14-21-16-24(28-3)20(5-2)15-23(21)25(22)27/h6-10,15-16,18,22,26H,4-5,11-14,17H2,1-3H3. The number of carbonyl (C=O) groups excluding carboxylic acids is 1. The number of carbonyl (C=O) groups is 1. The largest absolute Gasteiger partial charge is 0.496 e. The van der Waals surface area contributed by atoms with Gasteiger partial charge in [0.2, 0.25) is 0 Å². The second-order valence-corrected chi connectivity index (χ2v) is 7.90. The molecular formula is C25H33NO2. The van der Waals surface area contributed by atoms with Crippen molar-refractivity contribution in [3.63, 3.8) is 0 Å². The van der Waals surface area contributed by atoms with E-state index in [9.17, 15) is 4.79 Å². The van der Waals surface area contributed by atoms with Gasteiger partial charge < -0.3 is 10.1 Å². The lowest BCUT2D eigenvalue weighted by Crippen LogP contribution is -2.20. The summed E-state index contributed by atoms with van der Waals surface area (Å²) < 4.78 is 5.52. The van der Waals surface area contributed by atoms with Gasteiger partial charge in [-0.05, 0) is 67.0 Å². The van der Waals surface area contributed by atoms with Crippen molar-refractivity contribution >= 4 is 5.78 Å². The maximum absolute atomic E-state index is 13.0. The highest BCUT2D eigenvalue weighted by atomic mass is 16.5. The Labute approximate surface area is 169 Å². The Morgan fingerprint density at radius 1 is 1.18 bits per heavy atom. The molecule has 0 saturated heterocycles. The molecule has 3 heteroatoms. The van der Waals surface area contributed by atoms with Gasteiger partial charge in [0.25, 0.3) is 0 Å². The van der Waals surface area contributed by atoms with Gasteiger partial charge in [0.05, 0.1) is 7.11 Å². The Morgan fingerprint density at radius 2 is 1.96 bits per heavy atom. The van der Waals surface area contributed by atoms with Gasteiger partial charge in [-0.2, -0.15) is 0 Å². The van der Waals surface area contributed by atoms with Crippen LogP contribution in [0, 0.1) is 11.8 Å². The van der Waals surface area contributed by atoms with Gasteiger partial charge in [0, 0.05) is 18.0 Å². The van der Waals surface area contributed by atoms with E-state index in [2.05, 4.69) is 55.6 Å². The van der Waals surface area contributed by atoms with Crippen LogP contribution in [0.4, 0.5) is 0 Å². The molecule has 0 amide bonds. The number of ether oxygens (including phenoxy) is 1. The number of Topliss-reactive ketones (excluding diaryl/α,β-unsaturated/α-hetero) is 1. The Kier molecular flexibility index (Phi) is 7.27. The van der Waals surface area contributed by atoms with Gasteiger partial charge in [0.15, 0.2) is 5.78 Å². The van der Waals surface area contributed by atoms with Gasteiger partial charge in [-0.15, -0.1) is 0 Å². The highest BCUT2D eigenvalue weighted by Gasteiger charge is 2.32. The number of nitrogens with one attached hydrogen (secondary N) is 1. The van der Waals surface area contributed by atoms with Crippen LogP contribution in [0.2, 0.25) is 0 Å². The van der Waals surface area contributed by atoms with E-state index in [1.54, 1.807) is 7.11 Å². The number of aryl methyl sites for hydroxylation is 1. The monoisotopic (exact) mass is 379 g/mol. The lowest BCUT2D eigenvalue weighted by molar-refractivity contribution is 0.0916. The molecule has 2 aromatic rings. The Bertz CT molecular complexity index is 785. The summed E-state index contributed by atoms with van der Waals surface area (Å²) >= 11 is 0. The predicted molar refractivity (Wildman–Crippen MR) is 115 cm³/mol. The van der Waals surface area contributed by atoms with Crippen molar-refractivity contribution in [2.45, 2.75) is 52.5 Å². The van der Waals surface area contributed by atoms with Gasteiger partial charge in [-0.25, -0.2) is 0 Å². The second kappa shape index (κ2) is 9.88. The SMILES string of the molecule is CCc1cc2c(cc1OC)CC(CC(CC)CCNCc1ccccc1)C2=O. The zero-order valence-corrected chi connectivity index (χ0v) is 17.5. The van der Waals surface area contributed by atoms with Crippen LogP contribution in [0.1, 0.15) is 60.2 Å². The first kappa shape index (κ1) is 20.6. The topological polar surface area (TPSA) is 38.3 Å². The van der Waals surface area contributed by atoms with E-state index in [-0.39, 0.29) is 5.92 Å². The molecule has 2 aromatic carbocycles. The van der Waals surface area contributed by atoms with Crippen molar-refractivity contribution in [3.05, 3.63) is 64.7 Å². The molecule has 0 fully saturated rings. The fourth-order valence-electron chi connectivity index (χ4n) is 4.33. The molecule has 0 aliphatic heterocycles. The molecular weight excluding hydrogens is 346 g/mol. The van der Waals surface area contributed by atoms with E-state index in [1.807, 2.05) is 6.07 Å². The van der Waals surface area contributed by atoms with E-state index in [0.29, 0.717) is 11.7 Å². The summed E-state index contributed by atoms with van der Waals surface area (Å²) in [6.07, 6.45) is 4.98. The smallest absolute Gasteiger partial charge is 0.166 e. The maximum atomic E-state index is 13.0. The molecule has 1 aliphatic rings. The van der Waals surface area contributed by atoms with Gasteiger partial charge >= 0.3 is 0 Å². The van der Waals surface area contributed by atoms with E-state index in [1.165, 1.54) is 11.1 Å². The number of fused-ring (bicyclic) bond motifs is 1. The highest BCUT2D eigenvalue weighted by molar-refractivity contribution is 6.02. The van der Waals surface area contributed by atoms with Crippen LogP contribution >= 0.6 is 0 Å². The molecule has 28 heavy (non-hydrogen) atoms. The molecule has 0 spiro atoms. The van der Waals surface area contributed by atoms with Gasteiger partial charge in [-0.3, -0.25) is 4.79 Å². The Hall–Kier alpha value is -2.13. The highest BCUT2D eigenvalue weighted by Crippen LogP contribution is 2.36. The minimum absolute atomic E-state index is 0.130. The molecule has 0 heterocycles. The third kappa shape index (κ3) is 4.82. The second-order valence-electron chi connectivity index (χ2n) is 7.90. The molecule has 1 aliphatic carbocycles. The lowest BCUT2D eigenvalue weighted by atomic mass is 9.88. The zero-order valence-electron chi connectivity index (χ0n) is 17.5. The molecule has 0 saturated carbocycles. The van der Waals surface area contributed by atoms with Crippen LogP contribution in [0.15, 0.2) is 42.5 Å². The summed E-state index contributed by atoms with van der Waals surface area (Å²) in [5.74, 6) is 1.97. The average Bonchev–Trinajstić information content (AvgIpc) is 3.04. The predicted octanol–water partition coefficient (Wildman–Crippen LogP) is 5.21. The van der Waals surface area contributed by atoms with Crippen molar-refractivity contribution in [1.29, 1.82) is 0 Å². The molecule has 0 bridgehead atoms. The molecule has 0 radical (unpaired) electrons. The number of rotatable bonds is 10. The summed E-state index contributed by atoms with van der Waals surface area (Å²) in [5.41, 5.74) is 4.55. The molecule has 1 N–H and O–H groups in total. The van der Waals surface area contributed by atoms with Crippen LogP contribution in [-0.4, -0.2) is 19.4 Å². The summed E-state index contributed by atoms with van der Waals surface area (Å²) in [4.78, 5) is 13.0. The summed E-state index contributed by atoms with van der Waals surface area (Å²) in [6, 6.07) is 14.7. The third-order valence-electron chi connectivity index (χ3n) is 6.09. The van der Waals surface area contributed by atoms with Crippen molar-refractivity contribution in [2.75, 3.05) is 13.7 Å². The lowest BCUT2D eigenvalue weighted by Gasteiger charge is -2.18. The minimum Gasteiger partial charge on any atom is -0.496 e. The van der Waals surface area contributed by atoms with Crippen molar-refractivity contribution < 1.29 is 9.53 Å². The third-order valence-corrected chi connectivity index (χ3v) is 6.09. The first-order valence-electron chi connectivity index (χ1n) is 10.6. The van der Waals surface area contributed by atoms with E-state index < -0.39 is 0 Å². The summed E-state index contributed by atoms with van der Waals surface area (Å²) in [7, 11) is 1.71. The molecule has 150 valence electrons. The number of benzene rings is 2. The number of hydrogen-bond donors (Lipinski definition) is 1. The fourth-order valence-corrected chi connectivity index (χ4v) is 4.33. The van der Waals surface area contributed by atoms with E-state index in [0.717, 1.165) is 62.1 Å². The fraction of sp³-hybridized carbons (Fsp3) is 0.480. The van der Waals surface area contributed by atoms with Crippen LogP contribution in [-0.2, 0) is 19.4 Å². The van der Waals surface area contributed by atoms with Crippen LogP contribution < -0.4 is 10.1 Å². The van der Waals surface area contributed by atoms with E-state index in [4.69, 9.17) is 4.74 Å². The van der Waals surface area contributed by atoms with Gasteiger partial charge in [0.1, 0.15) is 5.75 Å². The summed E-state index contributed by atoms with van der Waals surface area (Å²) in [5, 5.41) is 3.55. The van der Waals surface area contributed by atoms with Crippen molar-refractivity contribution in [1.82, 2.24) is 5.32 Å². The first-order valence-corrected chi connectivity index (χ1v) is 10.6. The van der Waals surface area contributed by atoms with Crippen LogP contribution in [0.5, 0.6) is 5.75 Å². The van der Waals surface area contributed by atoms with Crippen molar-refractivity contribution in [2.24, 2.45) is 11.8 Å². The van der Waals surface area contributed by atoms with Crippen LogP contribution in [0.3, 0.4) is 0 Å². The number of methoxy groups -OCH3 is 1. The van der Waals surface area contributed by atoms with Crippen LogP contribution in [0.25, 0.3) is 0 Å². The average molecular weight is 380 g/mol. The van der Waals surface area contributed by atoms with Crippen molar-refractivity contribution in [3.8, 4) is 5.75 Å². The maximum Gasteiger partial charge on any atom is 0.166 e. The molecule has 2 atom stereocenters. The normalized spacial score (nSPS) is 16.8. The van der Waals surface area contributed by atoms with E-state index >= 15 is 0 Å². The number of hydrogen-bond acceptors (Lipinski definition) is 3. The quantitative estimate of drug-likeness (QED) is 0.576.